The van der Waals surface area contributed by atoms with E-state index in [1.807, 2.05) is 44.2 Å². The molecule has 1 aromatic heterocycles. The lowest BCUT2D eigenvalue weighted by atomic mass is 10.0. The van der Waals surface area contributed by atoms with Gasteiger partial charge in [0.2, 0.25) is 11.8 Å². The van der Waals surface area contributed by atoms with Gasteiger partial charge in [0, 0.05) is 18.5 Å². The zero-order chi connectivity index (χ0) is 16.9. The fraction of sp³-hybridized carbons (Fsp3) is 0.556. The van der Waals surface area contributed by atoms with E-state index < -0.39 is 6.10 Å². The molecule has 24 heavy (non-hydrogen) atoms. The molecule has 1 aromatic carbocycles. The van der Waals surface area contributed by atoms with Gasteiger partial charge in [0.1, 0.15) is 0 Å². The summed E-state index contributed by atoms with van der Waals surface area (Å²) in [5.74, 6) is 1.52. The maximum absolute atomic E-state index is 10.5. The van der Waals surface area contributed by atoms with E-state index in [2.05, 4.69) is 15.1 Å². The van der Waals surface area contributed by atoms with Crippen molar-refractivity contribution in [2.45, 2.75) is 44.9 Å². The van der Waals surface area contributed by atoms with E-state index in [1.54, 1.807) is 0 Å². The number of morpholine rings is 1. The molecular weight excluding hydrogens is 306 g/mol. The van der Waals surface area contributed by atoms with Crippen LogP contribution in [0.4, 0.5) is 0 Å². The molecule has 1 aliphatic heterocycles. The Balaban J connectivity index is 1.64. The lowest BCUT2D eigenvalue weighted by Crippen LogP contribution is -2.45. The van der Waals surface area contributed by atoms with E-state index in [4.69, 9.17) is 9.15 Å². The molecule has 3 rings (SSSR count). The molecule has 0 aliphatic carbocycles. The molecule has 6 heteroatoms. The number of aromatic nitrogens is 2. The first-order chi connectivity index (χ1) is 11.6. The highest BCUT2D eigenvalue weighted by Crippen LogP contribution is 2.24. The van der Waals surface area contributed by atoms with Crippen molar-refractivity contribution in [3.05, 3.63) is 47.7 Å². The number of hydrogen-bond acceptors (Lipinski definition) is 6. The molecule has 0 radical (unpaired) electrons. The Labute approximate surface area is 142 Å². The van der Waals surface area contributed by atoms with Crippen molar-refractivity contribution in [1.82, 2.24) is 15.1 Å². The van der Waals surface area contributed by atoms with Gasteiger partial charge >= 0.3 is 0 Å². The summed E-state index contributed by atoms with van der Waals surface area (Å²) in [5.41, 5.74) is 0.933. The Morgan fingerprint density at radius 2 is 2.04 bits per heavy atom. The average molecular weight is 331 g/mol. The minimum atomic E-state index is -0.505. The Morgan fingerprint density at radius 3 is 2.75 bits per heavy atom. The van der Waals surface area contributed by atoms with Gasteiger partial charge in [0.05, 0.1) is 25.9 Å². The first-order valence-electron chi connectivity index (χ1n) is 8.50. The minimum absolute atomic E-state index is 0.128. The summed E-state index contributed by atoms with van der Waals surface area (Å²) in [6.07, 6.45) is 0.115. The number of rotatable bonds is 6. The SMILES string of the molecule is CC(C)c1nnc(CN2CCOCC2CC(O)c2ccccc2)o1. The van der Waals surface area contributed by atoms with Gasteiger partial charge in [-0.3, -0.25) is 4.90 Å². The van der Waals surface area contributed by atoms with E-state index in [0.29, 0.717) is 38.0 Å². The van der Waals surface area contributed by atoms with Gasteiger partial charge in [-0.2, -0.15) is 0 Å². The monoisotopic (exact) mass is 331 g/mol. The number of hydrogen-bond donors (Lipinski definition) is 1. The van der Waals surface area contributed by atoms with Gasteiger partial charge in [0.25, 0.3) is 0 Å². The van der Waals surface area contributed by atoms with Gasteiger partial charge in [-0.25, -0.2) is 0 Å². The van der Waals surface area contributed by atoms with E-state index in [-0.39, 0.29) is 12.0 Å². The third kappa shape index (κ3) is 4.20. The molecule has 0 amide bonds. The number of nitrogens with zero attached hydrogens (tertiary/aromatic N) is 3. The van der Waals surface area contributed by atoms with Crippen LogP contribution in [-0.2, 0) is 11.3 Å². The first kappa shape index (κ1) is 17.1. The summed E-state index contributed by atoms with van der Waals surface area (Å²) in [6, 6.07) is 9.87. The lowest BCUT2D eigenvalue weighted by Gasteiger charge is -2.35. The maximum Gasteiger partial charge on any atom is 0.230 e. The summed E-state index contributed by atoms with van der Waals surface area (Å²) in [6.45, 7) is 6.75. The van der Waals surface area contributed by atoms with Crippen molar-refractivity contribution < 1.29 is 14.3 Å². The van der Waals surface area contributed by atoms with E-state index in [1.165, 1.54) is 0 Å². The molecular formula is C18H25N3O3. The van der Waals surface area contributed by atoms with Crippen LogP contribution in [0, 0.1) is 0 Å². The Hall–Kier alpha value is -1.76. The summed E-state index contributed by atoms with van der Waals surface area (Å²) < 4.78 is 11.3. The quantitative estimate of drug-likeness (QED) is 0.877. The van der Waals surface area contributed by atoms with Crippen LogP contribution in [0.15, 0.2) is 34.7 Å². The average Bonchev–Trinajstić information content (AvgIpc) is 3.06. The number of aliphatic hydroxyl groups is 1. The lowest BCUT2D eigenvalue weighted by molar-refractivity contribution is -0.0331. The third-order valence-electron chi connectivity index (χ3n) is 4.34. The van der Waals surface area contributed by atoms with Gasteiger partial charge in [-0.15, -0.1) is 10.2 Å². The fourth-order valence-electron chi connectivity index (χ4n) is 2.92. The standard InChI is InChI=1S/C18H25N3O3/c1-13(2)18-20-19-17(24-18)11-21-8-9-23-12-15(21)10-16(22)14-6-4-3-5-7-14/h3-7,13,15-16,22H,8-12H2,1-2H3. The van der Waals surface area contributed by atoms with E-state index in [9.17, 15) is 5.11 Å². The molecule has 2 heterocycles. The van der Waals surface area contributed by atoms with Crippen molar-refractivity contribution in [3.63, 3.8) is 0 Å². The molecule has 0 spiro atoms. The molecule has 2 aromatic rings. The molecule has 1 N–H and O–H groups in total. The minimum Gasteiger partial charge on any atom is -0.424 e. The van der Waals surface area contributed by atoms with Crippen molar-refractivity contribution in [2.24, 2.45) is 0 Å². The normalized spacial score (nSPS) is 20.4. The molecule has 2 atom stereocenters. The van der Waals surface area contributed by atoms with Crippen LogP contribution >= 0.6 is 0 Å². The first-order valence-corrected chi connectivity index (χ1v) is 8.50. The van der Waals surface area contributed by atoms with Crippen LogP contribution < -0.4 is 0 Å². The largest absolute Gasteiger partial charge is 0.424 e. The van der Waals surface area contributed by atoms with Crippen molar-refractivity contribution in [3.8, 4) is 0 Å². The summed E-state index contributed by atoms with van der Waals surface area (Å²) in [4.78, 5) is 2.26. The number of ether oxygens (including phenoxy) is 1. The predicted octanol–water partition coefficient (Wildman–Crippen LogP) is 2.52. The molecule has 0 bridgehead atoms. The Kier molecular flexibility index (Phi) is 5.60. The molecule has 1 fully saturated rings. The topological polar surface area (TPSA) is 71.6 Å². The van der Waals surface area contributed by atoms with Gasteiger partial charge < -0.3 is 14.3 Å². The van der Waals surface area contributed by atoms with E-state index >= 15 is 0 Å². The van der Waals surface area contributed by atoms with Crippen molar-refractivity contribution in [2.75, 3.05) is 19.8 Å². The zero-order valence-corrected chi connectivity index (χ0v) is 14.3. The Morgan fingerprint density at radius 1 is 1.25 bits per heavy atom. The van der Waals surface area contributed by atoms with Crippen molar-refractivity contribution in [1.29, 1.82) is 0 Å². The van der Waals surface area contributed by atoms with Crippen LogP contribution in [0.2, 0.25) is 0 Å². The zero-order valence-electron chi connectivity index (χ0n) is 14.3. The fourth-order valence-corrected chi connectivity index (χ4v) is 2.92. The number of aliphatic hydroxyl groups excluding tert-OH is 1. The molecule has 1 saturated heterocycles. The van der Waals surface area contributed by atoms with Crippen LogP contribution in [-0.4, -0.2) is 46.0 Å². The molecule has 1 aliphatic rings. The van der Waals surface area contributed by atoms with Gasteiger partial charge in [-0.05, 0) is 12.0 Å². The van der Waals surface area contributed by atoms with Gasteiger partial charge in [-0.1, -0.05) is 44.2 Å². The van der Waals surface area contributed by atoms with Crippen LogP contribution in [0.25, 0.3) is 0 Å². The van der Waals surface area contributed by atoms with Crippen molar-refractivity contribution >= 4 is 0 Å². The summed E-state index contributed by atoms with van der Waals surface area (Å²) >= 11 is 0. The van der Waals surface area contributed by atoms with Gasteiger partial charge in [0.15, 0.2) is 0 Å². The second-order valence-corrected chi connectivity index (χ2v) is 6.55. The maximum atomic E-state index is 10.5. The highest BCUT2D eigenvalue weighted by molar-refractivity contribution is 5.17. The van der Waals surface area contributed by atoms with E-state index in [0.717, 1.165) is 12.1 Å². The van der Waals surface area contributed by atoms with Crippen LogP contribution in [0.1, 0.15) is 49.6 Å². The Bertz CT molecular complexity index is 629. The predicted molar refractivity (Wildman–Crippen MR) is 89.4 cm³/mol. The highest BCUT2D eigenvalue weighted by atomic mass is 16.5. The molecule has 130 valence electrons. The number of benzene rings is 1. The molecule has 6 nitrogen and oxygen atoms in total. The molecule has 0 saturated carbocycles. The van der Waals surface area contributed by atoms with Crippen LogP contribution in [0.3, 0.4) is 0 Å². The third-order valence-corrected chi connectivity index (χ3v) is 4.34. The second-order valence-electron chi connectivity index (χ2n) is 6.55. The molecule has 2 unspecified atom stereocenters. The van der Waals surface area contributed by atoms with Crippen LogP contribution in [0.5, 0.6) is 0 Å². The smallest absolute Gasteiger partial charge is 0.230 e. The second kappa shape index (κ2) is 7.88. The summed E-state index contributed by atoms with van der Waals surface area (Å²) in [7, 11) is 0. The summed E-state index contributed by atoms with van der Waals surface area (Å²) in [5, 5.41) is 18.7. The highest BCUT2D eigenvalue weighted by Gasteiger charge is 2.27.